The summed E-state index contributed by atoms with van der Waals surface area (Å²) in [6.45, 7) is 4.33. The first-order chi connectivity index (χ1) is 8.56. The van der Waals surface area contributed by atoms with E-state index in [1.54, 1.807) is 0 Å². The van der Waals surface area contributed by atoms with E-state index >= 15 is 0 Å². The summed E-state index contributed by atoms with van der Waals surface area (Å²) in [6, 6.07) is 5.74. The maximum absolute atomic E-state index is 11.2. The Hall–Kier alpha value is -1.81. The third kappa shape index (κ3) is 1.99. The SMILES string of the molecule is COCc1c(C(=O)O)oc2c(C(C)C)cccc12. The number of benzene rings is 1. The van der Waals surface area contributed by atoms with Gasteiger partial charge in [-0.25, -0.2) is 4.79 Å². The van der Waals surface area contributed by atoms with E-state index in [0.29, 0.717) is 11.1 Å². The van der Waals surface area contributed by atoms with E-state index in [4.69, 9.17) is 9.15 Å². The van der Waals surface area contributed by atoms with E-state index in [1.165, 1.54) is 7.11 Å². The van der Waals surface area contributed by atoms with Crippen LogP contribution in [0.25, 0.3) is 11.0 Å². The van der Waals surface area contributed by atoms with Gasteiger partial charge in [-0.3, -0.25) is 0 Å². The molecular weight excluding hydrogens is 232 g/mol. The first-order valence-corrected chi connectivity index (χ1v) is 5.82. The van der Waals surface area contributed by atoms with E-state index < -0.39 is 5.97 Å². The van der Waals surface area contributed by atoms with Gasteiger partial charge < -0.3 is 14.3 Å². The number of para-hydroxylation sites is 1. The lowest BCUT2D eigenvalue weighted by Gasteiger charge is -2.05. The van der Waals surface area contributed by atoms with Crippen LogP contribution in [0, 0.1) is 0 Å². The largest absolute Gasteiger partial charge is 0.475 e. The van der Waals surface area contributed by atoms with Gasteiger partial charge in [0.1, 0.15) is 5.58 Å². The molecule has 0 amide bonds. The zero-order valence-corrected chi connectivity index (χ0v) is 10.7. The van der Waals surface area contributed by atoms with Crippen molar-refractivity contribution in [2.24, 2.45) is 0 Å². The number of ether oxygens (including phenoxy) is 1. The van der Waals surface area contributed by atoms with Crippen molar-refractivity contribution in [3.63, 3.8) is 0 Å². The Kier molecular flexibility index (Phi) is 3.39. The number of carbonyl (C=O) groups is 1. The molecule has 1 aromatic carbocycles. The number of fused-ring (bicyclic) bond motifs is 1. The third-order valence-corrected chi connectivity index (χ3v) is 2.95. The zero-order chi connectivity index (χ0) is 13.3. The van der Waals surface area contributed by atoms with E-state index in [9.17, 15) is 9.90 Å². The highest BCUT2D eigenvalue weighted by Gasteiger charge is 2.21. The van der Waals surface area contributed by atoms with E-state index in [-0.39, 0.29) is 18.3 Å². The smallest absolute Gasteiger partial charge is 0.372 e. The summed E-state index contributed by atoms with van der Waals surface area (Å²) in [4.78, 5) is 11.2. The quantitative estimate of drug-likeness (QED) is 0.900. The van der Waals surface area contributed by atoms with Gasteiger partial charge in [-0.2, -0.15) is 0 Å². The van der Waals surface area contributed by atoms with Gasteiger partial charge >= 0.3 is 5.97 Å². The molecule has 2 aromatic rings. The Labute approximate surface area is 105 Å². The van der Waals surface area contributed by atoms with Crippen LogP contribution in [0.4, 0.5) is 0 Å². The Balaban J connectivity index is 2.75. The van der Waals surface area contributed by atoms with Gasteiger partial charge in [0.15, 0.2) is 0 Å². The predicted octanol–water partition coefficient (Wildman–Crippen LogP) is 3.40. The number of carboxylic acids is 1. The van der Waals surface area contributed by atoms with Gasteiger partial charge in [0.25, 0.3) is 0 Å². The number of hydrogen-bond acceptors (Lipinski definition) is 3. The Morgan fingerprint density at radius 3 is 2.72 bits per heavy atom. The second-order valence-corrected chi connectivity index (χ2v) is 4.53. The fraction of sp³-hybridized carbons (Fsp3) is 0.357. The minimum absolute atomic E-state index is 0.0278. The average molecular weight is 248 g/mol. The molecule has 18 heavy (non-hydrogen) atoms. The van der Waals surface area contributed by atoms with Crippen molar-refractivity contribution in [2.75, 3.05) is 7.11 Å². The van der Waals surface area contributed by atoms with Crippen molar-refractivity contribution < 1.29 is 19.1 Å². The molecule has 0 aliphatic heterocycles. The van der Waals surface area contributed by atoms with Crippen molar-refractivity contribution in [3.05, 3.63) is 35.1 Å². The standard InChI is InChI=1S/C14H16O4/c1-8(2)9-5-4-6-10-11(7-17-3)13(14(15)16)18-12(9)10/h4-6,8H,7H2,1-3H3,(H,15,16). The molecule has 0 bridgehead atoms. The van der Waals surface area contributed by atoms with Gasteiger partial charge in [0.2, 0.25) is 5.76 Å². The molecule has 0 aliphatic rings. The number of aromatic carboxylic acids is 1. The van der Waals surface area contributed by atoms with E-state index in [0.717, 1.165) is 10.9 Å². The van der Waals surface area contributed by atoms with Gasteiger partial charge in [-0.15, -0.1) is 0 Å². The van der Waals surface area contributed by atoms with Crippen LogP contribution in [0.1, 0.15) is 41.4 Å². The highest BCUT2D eigenvalue weighted by Crippen LogP contribution is 2.32. The lowest BCUT2D eigenvalue weighted by Crippen LogP contribution is -1.99. The van der Waals surface area contributed by atoms with Crippen LogP contribution in [-0.2, 0) is 11.3 Å². The van der Waals surface area contributed by atoms with Gasteiger partial charge in [0, 0.05) is 18.1 Å². The molecule has 0 fully saturated rings. The van der Waals surface area contributed by atoms with Gasteiger partial charge in [-0.1, -0.05) is 32.0 Å². The van der Waals surface area contributed by atoms with Crippen LogP contribution >= 0.6 is 0 Å². The van der Waals surface area contributed by atoms with Crippen LogP contribution in [0.3, 0.4) is 0 Å². The summed E-state index contributed by atoms with van der Waals surface area (Å²) in [6.07, 6.45) is 0. The first-order valence-electron chi connectivity index (χ1n) is 5.82. The molecule has 0 spiro atoms. The minimum atomic E-state index is -1.06. The average Bonchev–Trinajstić information content (AvgIpc) is 2.68. The monoisotopic (exact) mass is 248 g/mol. The summed E-state index contributed by atoms with van der Waals surface area (Å²) in [5, 5.41) is 9.99. The molecule has 1 aromatic heterocycles. The van der Waals surface area contributed by atoms with Crippen molar-refractivity contribution in [1.29, 1.82) is 0 Å². The number of hydrogen-bond donors (Lipinski definition) is 1. The number of furan rings is 1. The summed E-state index contributed by atoms with van der Waals surface area (Å²) < 4.78 is 10.6. The molecular formula is C14H16O4. The molecule has 0 saturated carbocycles. The number of methoxy groups -OCH3 is 1. The molecule has 4 heteroatoms. The molecule has 0 atom stereocenters. The number of carboxylic acid groups (broad SMARTS) is 1. The lowest BCUT2D eigenvalue weighted by atomic mass is 10.00. The third-order valence-electron chi connectivity index (χ3n) is 2.95. The van der Waals surface area contributed by atoms with Crippen molar-refractivity contribution >= 4 is 16.9 Å². The molecule has 1 N–H and O–H groups in total. The summed E-state index contributed by atoms with van der Waals surface area (Å²) >= 11 is 0. The minimum Gasteiger partial charge on any atom is -0.475 e. The van der Waals surface area contributed by atoms with E-state index in [2.05, 4.69) is 0 Å². The summed E-state index contributed by atoms with van der Waals surface area (Å²) in [7, 11) is 1.54. The molecule has 0 saturated heterocycles. The second kappa shape index (κ2) is 4.82. The van der Waals surface area contributed by atoms with Gasteiger partial charge in [-0.05, 0) is 11.5 Å². The van der Waals surface area contributed by atoms with Crippen LogP contribution < -0.4 is 0 Å². The maximum Gasteiger partial charge on any atom is 0.372 e. The zero-order valence-electron chi connectivity index (χ0n) is 10.7. The fourth-order valence-electron chi connectivity index (χ4n) is 2.11. The predicted molar refractivity (Wildman–Crippen MR) is 68.0 cm³/mol. The Morgan fingerprint density at radius 1 is 1.44 bits per heavy atom. The molecule has 1 heterocycles. The topological polar surface area (TPSA) is 59.7 Å². The van der Waals surface area contributed by atoms with Crippen LogP contribution in [-0.4, -0.2) is 18.2 Å². The van der Waals surface area contributed by atoms with Crippen molar-refractivity contribution in [1.82, 2.24) is 0 Å². The molecule has 4 nitrogen and oxygen atoms in total. The molecule has 96 valence electrons. The molecule has 0 aliphatic carbocycles. The highest BCUT2D eigenvalue weighted by atomic mass is 16.5. The fourth-order valence-corrected chi connectivity index (χ4v) is 2.11. The summed E-state index contributed by atoms with van der Waals surface area (Å²) in [5.74, 6) is -0.815. The Bertz CT molecular complexity index is 581. The van der Waals surface area contributed by atoms with Crippen molar-refractivity contribution in [3.8, 4) is 0 Å². The van der Waals surface area contributed by atoms with Crippen molar-refractivity contribution in [2.45, 2.75) is 26.4 Å². The summed E-state index contributed by atoms with van der Waals surface area (Å²) in [5.41, 5.74) is 2.26. The first kappa shape index (κ1) is 12.6. The van der Waals surface area contributed by atoms with E-state index in [1.807, 2.05) is 32.0 Å². The molecule has 0 radical (unpaired) electrons. The molecule has 2 rings (SSSR count). The lowest BCUT2D eigenvalue weighted by molar-refractivity contribution is 0.0658. The van der Waals surface area contributed by atoms with Crippen LogP contribution in [0.2, 0.25) is 0 Å². The van der Waals surface area contributed by atoms with Crippen LogP contribution in [0.15, 0.2) is 22.6 Å². The highest BCUT2D eigenvalue weighted by molar-refractivity contribution is 5.96. The molecule has 0 unspecified atom stereocenters. The van der Waals surface area contributed by atoms with Gasteiger partial charge in [0.05, 0.1) is 6.61 Å². The normalized spacial score (nSPS) is 11.3. The Morgan fingerprint density at radius 2 is 2.17 bits per heavy atom. The number of rotatable bonds is 4. The van der Waals surface area contributed by atoms with Crippen LogP contribution in [0.5, 0.6) is 0 Å². The second-order valence-electron chi connectivity index (χ2n) is 4.53. The maximum atomic E-state index is 11.2.